The average molecular weight is 189 g/mol. The van der Waals surface area contributed by atoms with Gasteiger partial charge in [0.15, 0.2) is 0 Å². The Hall–Kier alpha value is -0.820. The van der Waals surface area contributed by atoms with Gasteiger partial charge in [-0.3, -0.25) is 0 Å². The van der Waals surface area contributed by atoms with Crippen LogP contribution in [0, 0.1) is 0 Å². The number of nitrogens with one attached hydrogen (secondary N) is 1. The van der Waals surface area contributed by atoms with Crippen molar-refractivity contribution in [2.24, 2.45) is 0 Å². The van der Waals surface area contributed by atoms with Gasteiger partial charge in [-0.2, -0.15) is 0 Å². The Morgan fingerprint density at radius 2 is 2.07 bits per heavy atom. The number of hydrogen-bond donors (Lipinski definition) is 1. The summed E-state index contributed by atoms with van der Waals surface area (Å²) in [4.78, 5) is 0. The molecule has 2 rings (SSSR count). The quantitative estimate of drug-likeness (QED) is 0.754. The molecule has 1 aromatic rings. The lowest BCUT2D eigenvalue weighted by molar-refractivity contribution is 0.374. The van der Waals surface area contributed by atoms with Gasteiger partial charge in [-0.1, -0.05) is 37.3 Å². The van der Waals surface area contributed by atoms with Gasteiger partial charge in [-0.05, 0) is 31.9 Å². The summed E-state index contributed by atoms with van der Waals surface area (Å²) in [6, 6.07) is 11.5. The molecular formula is C13H19N. The molecule has 14 heavy (non-hydrogen) atoms. The van der Waals surface area contributed by atoms with Gasteiger partial charge in [0.25, 0.3) is 0 Å². The number of benzene rings is 1. The average Bonchev–Trinajstić information content (AvgIpc) is 2.62. The maximum Gasteiger partial charge on any atom is 0.0136 e. The van der Waals surface area contributed by atoms with E-state index in [9.17, 15) is 0 Å². The van der Waals surface area contributed by atoms with E-state index in [4.69, 9.17) is 0 Å². The highest BCUT2D eigenvalue weighted by Crippen LogP contribution is 2.38. The fourth-order valence-electron chi connectivity index (χ4n) is 2.78. The minimum Gasteiger partial charge on any atom is -0.313 e. The topological polar surface area (TPSA) is 12.0 Å². The van der Waals surface area contributed by atoms with Crippen LogP contribution in [-0.4, -0.2) is 12.6 Å². The lowest BCUT2D eigenvalue weighted by Crippen LogP contribution is -2.37. The van der Waals surface area contributed by atoms with Crippen molar-refractivity contribution in [2.75, 3.05) is 6.54 Å². The monoisotopic (exact) mass is 189 g/mol. The summed E-state index contributed by atoms with van der Waals surface area (Å²) >= 11 is 0. The summed E-state index contributed by atoms with van der Waals surface area (Å²) in [6.45, 7) is 5.77. The van der Waals surface area contributed by atoms with Crippen LogP contribution in [-0.2, 0) is 5.41 Å². The Morgan fingerprint density at radius 3 is 2.57 bits per heavy atom. The molecule has 1 aliphatic heterocycles. The molecule has 1 nitrogen and oxygen atoms in total. The standard InChI is InChI=1S/C13H19N/c1-3-13(9-10-14-11(13)2)12-7-5-4-6-8-12/h4-8,11,14H,3,9-10H2,1-2H3. The predicted molar refractivity (Wildman–Crippen MR) is 60.5 cm³/mol. The summed E-state index contributed by atoms with van der Waals surface area (Å²) in [5.74, 6) is 0. The molecule has 1 fully saturated rings. The van der Waals surface area contributed by atoms with Gasteiger partial charge in [0.05, 0.1) is 0 Å². The fourth-order valence-corrected chi connectivity index (χ4v) is 2.78. The summed E-state index contributed by atoms with van der Waals surface area (Å²) in [5, 5.41) is 3.56. The van der Waals surface area contributed by atoms with Crippen molar-refractivity contribution in [1.82, 2.24) is 5.32 Å². The van der Waals surface area contributed by atoms with Crippen molar-refractivity contribution in [3.63, 3.8) is 0 Å². The van der Waals surface area contributed by atoms with Crippen LogP contribution in [0.25, 0.3) is 0 Å². The van der Waals surface area contributed by atoms with E-state index in [1.807, 2.05) is 0 Å². The van der Waals surface area contributed by atoms with E-state index in [0.29, 0.717) is 11.5 Å². The molecule has 2 unspecified atom stereocenters. The second-order valence-corrected chi connectivity index (χ2v) is 4.30. The van der Waals surface area contributed by atoms with Crippen molar-refractivity contribution >= 4 is 0 Å². The van der Waals surface area contributed by atoms with E-state index in [0.717, 1.165) is 6.54 Å². The molecule has 1 heteroatoms. The summed E-state index contributed by atoms with van der Waals surface area (Å²) in [7, 11) is 0. The lowest BCUT2D eigenvalue weighted by atomic mass is 9.73. The molecule has 0 saturated carbocycles. The van der Waals surface area contributed by atoms with Crippen LogP contribution < -0.4 is 5.32 Å². The zero-order valence-electron chi connectivity index (χ0n) is 9.09. The highest BCUT2D eigenvalue weighted by molar-refractivity contribution is 5.29. The number of rotatable bonds is 2. The Bertz CT molecular complexity index is 293. The van der Waals surface area contributed by atoms with E-state index in [1.165, 1.54) is 18.4 Å². The smallest absolute Gasteiger partial charge is 0.0136 e. The molecular weight excluding hydrogens is 170 g/mol. The van der Waals surface area contributed by atoms with Crippen LogP contribution in [0.15, 0.2) is 30.3 Å². The predicted octanol–water partition coefficient (Wildman–Crippen LogP) is 2.72. The van der Waals surface area contributed by atoms with Gasteiger partial charge in [-0.25, -0.2) is 0 Å². The first-order valence-electron chi connectivity index (χ1n) is 5.58. The van der Waals surface area contributed by atoms with Crippen molar-refractivity contribution in [3.05, 3.63) is 35.9 Å². The van der Waals surface area contributed by atoms with E-state index in [-0.39, 0.29) is 0 Å². The van der Waals surface area contributed by atoms with Gasteiger partial charge in [0, 0.05) is 11.5 Å². The van der Waals surface area contributed by atoms with Crippen molar-refractivity contribution in [2.45, 2.75) is 38.1 Å². The molecule has 2 atom stereocenters. The third-order valence-electron chi connectivity index (χ3n) is 3.83. The van der Waals surface area contributed by atoms with Crippen LogP contribution in [0.2, 0.25) is 0 Å². The molecule has 0 amide bonds. The van der Waals surface area contributed by atoms with Crippen molar-refractivity contribution in [1.29, 1.82) is 0 Å². The van der Waals surface area contributed by atoms with Crippen molar-refractivity contribution in [3.8, 4) is 0 Å². The maximum atomic E-state index is 3.56. The third kappa shape index (κ3) is 1.36. The summed E-state index contributed by atoms with van der Waals surface area (Å²) in [6.07, 6.45) is 2.50. The molecule has 1 N–H and O–H groups in total. The van der Waals surface area contributed by atoms with Crippen LogP contribution in [0.3, 0.4) is 0 Å². The molecule has 1 saturated heterocycles. The Labute approximate surface area is 86.5 Å². The van der Waals surface area contributed by atoms with Gasteiger partial charge in [0.2, 0.25) is 0 Å². The molecule has 0 bridgehead atoms. The highest BCUT2D eigenvalue weighted by atomic mass is 15.0. The molecule has 0 aliphatic carbocycles. The van der Waals surface area contributed by atoms with Gasteiger partial charge in [0.1, 0.15) is 0 Å². The lowest BCUT2D eigenvalue weighted by Gasteiger charge is -2.32. The minimum atomic E-state index is 0.376. The maximum absolute atomic E-state index is 3.56. The third-order valence-corrected chi connectivity index (χ3v) is 3.83. The van der Waals surface area contributed by atoms with Gasteiger partial charge in [-0.15, -0.1) is 0 Å². The normalized spacial score (nSPS) is 32.0. The first-order valence-corrected chi connectivity index (χ1v) is 5.58. The zero-order chi connectivity index (χ0) is 10.0. The van der Waals surface area contributed by atoms with Crippen LogP contribution in [0.4, 0.5) is 0 Å². The fraction of sp³-hybridized carbons (Fsp3) is 0.538. The highest BCUT2D eigenvalue weighted by Gasteiger charge is 2.39. The van der Waals surface area contributed by atoms with Crippen molar-refractivity contribution < 1.29 is 0 Å². The Balaban J connectivity index is 2.38. The van der Waals surface area contributed by atoms with Crippen LogP contribution >= 0.6 is 0 Å². The summed E-state index contributed by atoms with van der Waals surface area (Å²) in [5.41, 5.74) is 1.88. The zero-order valence-corrected chi connectivity index (χ0v) is 9.09. The van der Waals surface area contributed by atoms with E-state index in [2.05, 4.69) is 49.5 Å². The molecule has 0 spiro atoms. The van der Waals surface area contributed by atoms with E-state index >= 15 is 0 Å². The second kappa shape index (κ2) is 3.74. The first-order chi connectivity index (χ1) is 6.79. The van der Waals surface area contributed by atoms with Crippen LogP contribution in [0.1, 0.15) is 32.3 Å². The minimum absolute atomic E-state index is 0.376. The molecule has 1 heterocycles. The summed E-state index contributed by atoms with van der Waals surface area (Å²) < 4.78 is 0. The molecule has 0 radical (unpaired) electrons. The SMILES string of the molecule is CCC1(c2ccccc2)CCNC1C. The molecule has 1 aromatic carbocycles. The van der Waals surface area contributed by atoms with Crippen LogP contribution in [0.5, 0.6) is 0 Å². The number of hydrogen-bond acceptors (Lipinski definition) is 1. The second-order valence-electron chi connectivity index (χ2n) is 4.30. The van der Waals surface area contributed by atoms with E-state index in [1.54, 1.807) is 0 Å². The Kier molecular flexibility index (Phi) is 2.60. The Morgan fingerprint density at radius 1 is 1.36 bits per heavy atom. The first kappa shape index (κ1) is 9.72. The molecule has 0 aromatic heterocycles. The van der Waals surface area contributed by atoms with E-state index < -0.39 is 0 Å². The van der Waals surface area contributed by atoms with Gasteiger partial charge < -0.3 is 5.32 Å². The van der Waals surface area contributed by atoms with Gasteiger partial charge >= 0.3 is 0 Å². The molecule has 1 aliphatic rings. The molecule has 76 valence electrons. The largest absolute Gasteiger partial charge is 0.313 e.